The van der Waals surface area contributed by atoms with Crippen LogP contribution in [0.3, 0.4) is 0 Å². The third kappa shape index (κ3) is 11.3. The number of aromatic nitrogens is 3. The number of benzene rings is 2. The summed E-state index contributed by atoms with van der Waals surface area (Å²) >= 11 is 6.14. The number of rotatable bonds is 11. The standard InChI is InChI=1S/C21H29N7O.C14H22ClN/c1-21(2,3)17-11-15-13-28(20(29)27-18(15)26-17)16-7-5-14(6-8-16)12-24-9-4-10-25-19(22)23;1-14(2,3)12-8-11(6-4-5-7-16)9-13(15)10-12/h5-8,11,13,24H,4,9-10,12H2,1-3H3,(H4,22,23,25)(H,26,27,29);8-10H,4-7,16H2,1-3H3. The Morgan fingerprint density at radius 3 is 2.29 bits per heavy atom. The lowest BCUT2D eigenvalue weighted by molar-refractivity contribution is 0.574. The minimum Gasteiger partial charge on any atom is -0.370 e. The summed E-state index contributed by atoms with van der Waals surface area (Å²) in [5.41, 5.74) is 22.2. The van der Waals surface area contributed by atoms with Crippen molar-refractivity contribution in [2.24, 2.45) is 22.2 Å². The van der Waals surface area contributed by atoms with Crippen LogP contribution in [0.2, 0.25) is 5.02 Å². The van der Waals surface area contributed by atoms with Crippen LogP contribution in [0.1, 0.15) is 83.2 Å². The lowest BCUT2D eigenvalue weighted by atomic mass is 9.86. The first-order chi connectivity index (χ1) is 21.2. The number of nitrogens with zero attached hydrogens (tertiary/aromatic N) is 3. The van der Waals surface area contributed by atoms with Gasteiger partial charge in [-0.3, -0.25) is 9.56 Å². The second-order valence-electron chi connectivity index (χ2n) is 13.5. The summed E-state index contributed by atoms with van der Waals surface area (Å²) in [5.74, 6) is 0.123. The number of guanidine groups is 1. The highest BCUT2D eigenvalue weighted by Gasteiger charge is 2.18. The van der Waals surface area contributed by atoms with E-state index < -0.39 is 0 Å². The SMILES string of the molecule is CC(C)(C)c1cc(Cl)cc(CCCCN)c1.CC(C)(C)c1cc2cn(-c3ccc(CNCCCN=C(N)N)cc3)c(=O)nc2[nH]1. The van der Waals surface area contributed by atoms with Gasteiger partial charge in [0.2, 0.25) is 0 Å². The third-order valence-electron chi connectivity index (χ3n) is 7.41. The van der Waals surface area contributed by atoms with Crippen LogP contribution in [0.5, 0.6) is 0 Å². The molecule has 4 rings (SSSR count). The van der Waals surface area contributed by atoms with E-state index in [4.69, 9.17) is 28.8 Å². The van der Waals surface area contributed by atoms with Crippen molar-refractivity contribution in [2.45, 2.75) is 84.6 Å². The predicted molar refractivity (Wildman–Crippen MR) is 190 cm³/mol. The van der Waals surface area contributed by atoms with Crippen molar-refractivity contribution in [3.8, 4) is 5.69 Å². The number of H-pyrrole nitrogens is 1. The Morgan fingerprint density at radius 2 is 1.67 bits per heavy atom. The van der Waals surface area contributed by atoms with Gasteiger partial charge in [-0.2, -0.15) is 4.98 Å². The first-order valence-corrected chi connectivity index (χ1v) is 16.0. The Bertz CT molecular complexity index is 1600. The van der Waals surface area contributed by atoms with Gasteiger partial charge >= 0.3 is 5.69 Å². The molecule has 0 saturated carbocycles. The zero-order valence-electron chi connectivity index (χ0n) is 27.7. The highest BCUT2D eigenvalue weighted by Crippen LogP contribution is 2.27. The van der Waals surface area contributed by atoms with Crippen LogP contribution >= 0.6 is 11.6 Å². The molecule has 0 aliphatic carbocycles. The van der Waals surface area contributed by atoms with E-state index in [1.807, 2.05) is 30.5 Å². The molecule has 0 amide bonds. The molecular weight excluding hydrogens is 584 g/mol. The molecule has 45 heavy (non-hydrogen) atoms. The van der Waals surface area contributed by atoms with E-state index in [0.717, 1.165) is 72.7 Å². The number of fused-ring (bicyclic) bond motifs is 1. The maximum Gasteiger partial charge on any atom is 0.354 e. The molecule has 244 valence electrons. The van der Waals surface area contributed by atoms with Crippen LogP contribution < -0.4 is 28.2 Å². The average molecular weight is 635 g/mol. The van der Waals surface area contributed by atoms with Crippen LogP contribution in [0.4, 0.5) is 0 Å². The molecule has 0 saturated heterocycles. The first kappa shape index (κ1) is 35.8. The summed E-state index contributed by atoms with van der Waals surface area (Å²) in [6.07, 6.45) is 6.00. The summed E-state index contributed by atoms with van der Waals surface area (Å²) < 4.78 is 1.58. The predicted octanol–water partition coefficient (Wildman–Crippen LogP) is 5.68. The van der Waals surface area contributed by atoms with E-state index in [2.05, 4.69) is 86.1 Å². The monoisotopic (exact) mass is 634 g/mol. The number of unbranched alkanes of at least 4 members (excludes halogenated alkanes) is 1. The van der Waals surface area contributed by atoms with Gasteiger partial charge in [0.15, 0.2) is 5.96 Å². The van der Waals surface area contributed by atoms with Crippen LogP contribution in [0.25, 0.3) is 16.7 Å². The minimum absolute atomic E-state index is 0.0352. The second kappa shape index (κ2) is 16.1. The van der Waals surface area contributed by atoms with E-state index >= 15 is 0 Å². The van der Waals surface area contributed by atoms with Gasteiger partial charge in [-0.1, -0.05) is 71.3 Å². The number of aliphatic imine (C=N–C) groups is 1. The topological polar surface area (TPSA) is 153 Å². The number of hydrogen-bond acceptors (Lipinski definition) is 5. The Hall–Kier alpha value is -3.66. The van der Waals surface area contributed by atoms with E-state index in [1.54, 1.807) is 4.57 Å². The molecule has 0 fully saturated rings. The summed E-state index contributed by atoms with van der Waals surface area (Å²) in [5, 5.41) is 5.11. The highest BCUT2D eigenvalue weighted by molar-refractivity contribution is 6.30. The van der Waals surface area contributed by atoms with Crippen molar-refractivity contribution in [1.82, 2.24) is 19.9 Å². The summed E-state index contributed by atoms with van der Waals surface area (Å²) in [6.45, 7) is 15.9. The average Bonchev–Trinajstić information content (AvgIpc) is 3.38. The van der Waals surface area contributed by atoms with Gasteiger partial charge in [-0.25, -0.2) is 4.79 Å². The zero-order valence-corrected chi connectivity index (χ0v) is 28.5. The van der Waals surface area contributed by atoms with Crippen LogP contribution in [0, 0.1) is 0 Å². The lowest BCUT2D eigenvalue weighted by Gasteiger charge is -2.20. The maximum absolute atomic E-state index is 12.5. The van der Waals surface area contributed by atoms with E-state index in [1.165, 1.54) is 11.1 Å². The fourth-order valence-electron chi connectivity index (χ4n) is 4.70. The number of halogens is 1. The summed E-state index contributed by atoms with van der Waals surface area (Å²) in [6, 6.07) is 16.3. The molecule has 10 heteroatoms. The van der Waals surface area contributed by atoms with Gasteiger partial charge in [0.25, 0.3) is 0 Å². The number of aryl methyl sites for hydroxylation is 1. The van der Waals surface area contributed by atoms with Crippen LogP contribution in [-0.2, 0) is 23.8 Å². The Kier molecular flexibility index (Phi) is 12.8. The zero-order chi connectivity index (χ0) is 33.2. The van der Waals surface area contributed by atoms with Crippen LogP contribution in [0.15, 0.2) is 64.5 Å². The van der Waals surface area contributed by atoms with Crippen molar-refractivity contribution in [1.29, 1.82) is 0 Å². The Morgan fingerprint density at radius 1 is 0.956 bits per heavy atom. The van der Waals surface area contributed by atoms with Gasteiger partial charge < -0.3 is 27.5 Å². The summed E-state index contributed by atoms with van der Waals surface area (Å²) in [7, 11) is 0. The lowest BCUT2D eigenvalue weighted by Crippen LogP contribution is -2.23. The molecule has 0 bridgehead atoms. The molecule has 2 aromatic heterocycles. The van der Waals surface area contributed by atoms with Crippen molar-refractivity contribution in [3.63, 3.8) is 0 Å². The van der Waals surface area contributed by atoms with Crippen molar-refractivity contribution >= 4 is 28.6 Å². The van der Waals surface area contributed by atoms with Crippen molar-refractivity contribution < 1.29 is 0 Å². The molecule has 0 atom stereocenters. The molecule has 4 aromatic rings. The van der Waals surface area contributed by atoms with E-state index in [9.17, 15) is 4.79 Å². The smallest absolute Gasteiger partial charge is 0.354 e. The highest BCUT2D eigenvalue weighted by atomic mass is 35.5. The van der Waals surface area contributed by atoms with Crippen LogP contribution in [-0.4, -0.2) is 40.1 Å². The molecule has 2 heterocycles. The molecule has 9 nitrogen and oxygen atoms in total. The number of nitrogens with one attached hydrogen (secondary N) is 2. The Labute approximate surface area is 272 Å². The minimum atomic E-state index is -0.301. The van der Waals surface area contributed by atoms with Crippen molar-refractivity contribution in [2.75, 3.05) is 19.6 Å². The maximum atomic E-state index is 12.5. The van der Waals surface area contributed by atoms with Crippen molar-refractivity contribution in [3.05, 3.63) is 92.6 Å². The quantitative estimate of drug-likeness (QED) is 0.0812. The molecule has 0 radical (unpaired) electrons. The molecule has 0 unspecified atom stereocenters. The molecule has 0 aliphatic heterocycles. The molecular formula is C35H51ClN8O. The number of hydrogen-bond donors (Lipinski definition) is 5. The molecule has 0 spiro atoms. The fourth-order valence-corrected chi connectivity index (χ4v) is 4.96. The fraction of sp³-hybridized carbons (Fsp3) is 0.457. The van der Waals surface area contributed by atoms with Gasteiger partial charge in [0.05, 0.1) is 5.69 Å². The molecule has 8 N–H and O–H groups in total. The summed E-state index contributed by atoms with van der Waals surface area (Å²) in [4.78, 5) is 23.9. The molecule has 0 aliphatic rings. The number of aromatic amines is 1. The van der Waals surface area contributed by atoms with E-state index in [0.29, 0.717) is 12.2 Å². The molecule has 2 aromatic carbocycles. The Balaban J connectivity index is 0.000000292. The number of nitrogens with two attached hydrogens (primary N) is 3. The van der Waals surface area contributed by atoms with Gasteiger partial charge in [0, 0.05) is 40.8 Å². The second-order valence-corrected chi connectivity index (χ2v) is 13.9. The normalized spacial score (nSPS) is 11.7. The first-order valence-electron chi connectivity index (χ1n) is 15.7. The third-order valence-corrected chi connectivity index (χ3v) is 7.63. The van der Waals surface area contributed by atoms with Gasteiger partial charge in [-0.05, 0) is 91.2 Å². The van der Waals surface area contributed by atoms with E-state index in [-0.39, 0.29) is 22.5 Å². The largest absolute Gasteiger partial charge is 0.370 e. The van der Waals surface area contributed by atoms with Gasteiger partial charge in [0.1, 0.15) is 5.65 Å². The van der Waals surface area contributed by atoms with Gasteiger partial charge in [-0.15, -0.1) is 0 Å².